The number of hydrogen-bond acceptors (Lipinski definition) is 2. The Balaban J connectivity index is 0.00000392. The van der Waals surface area contributed by atoms with Crippen molar-refractivity contribution >= 4 is 47.4 Å². The summed E-state index contributed by atoms with van der Waals surface area (Å²) in [5, 5.41) is 7.31. The van der Waals surface area contributed by atoms with Gasteiger partial charge in [0.05, 0.1) is 6.54 Å². The lowest BCUT2D eigenvalue weighted by Crippen LogP contribution is -2.38. The molecule has 2 aromatic carbocycles. The van der Waals surface area contributed by atoms with Gasteiger partial charge in [-0.2, -0.15) is 0 Å². The fourth-order valence-corrected chi connectivity index (χ4v) is 2.67. The first-order valence-corrected chi connectivity index (χ1v) is 9.44. The Labute approximate surface area is 189 Å². The zero-order valence-corrected chi connectivity index (χ0v) is 19.6. The average molecular weight is 515 g/mol. The minimum absolute atomic E-state index is 0. The third-order valence-corrected chi connectivity index (χ3v) is 4.22. The van der Waals surface area contributed by atoms with Gasteiger partial charge < -0.3 is 15.5 Å². The van der Waals surface area contributed by atoms with E-state index in [0.29, 0.717) is 12.1 Å². The molecule has 0 bridgehead atoms. The van der Waals surface area contributed by atoms with Crippen molar-refractivity contribution in [3.63, 3.8) is 0 Å². The number of hydrogen-bond donors (Lipinski definition) is 2. The Kier molecular flexibility index (Phi) is 10.9. The molecule has 0 unspecified atom stereocenters. The molecule has 152 valence electrons. The van der Waals surface area contributed by atoms with Crippen molar-refractivity contribution in [3.8, 4) is 0 Å². The first-order valence-electron chi connectivity index (χ1n) is 9.07. The van der Waals surface area contributed by atoms with Crippen LogP contribution >= 0.6 is 35.6 Å². The molecule has 5 nitrogen and oxygen atoms in total. The molecule has 0 atom stereocenters. The predicted octanol–water partition coefficient (Wildman–Crippen LogP) is 3.96. The highest BCUT2D eigenvalue weighted by atomic mass is 127. The minimum atomic E-state index is 0. The van der Waals surface area contributed by atoms with Crippen LogP contribution in [0.5, 0.6) is 0 Å². The maximum absolute atomic E-state index is 12.1. The van der Waals surface area contributed by atoms with Gasteiger partial charge in [-0.25, -0.2) is 4.99 Å². The fraction of sp³-hybridized carbons (Fsp3) is 0.333. The first-order chi connectivity index (χ1) is 13.0. The molecule has 0 saturated heterocycles. The van der Waals surface area contributed by atoms with Crippen LogP contribution in [0.2, 0.25) is 5.02 Å². The summed E-state index contributed by atoms with van der Waals surface area (Å²) >= 11 is 5.91. The highest BCUT2D eigenvalue weighted by molar-refractivity contribution is 14.0. The van der Waals surface area contributed by atoms with Gasteiger partial charge in [0, 0.05) is 37.8 Å². The topological polar surface area (TPSA) is 56.7 Å². The SMILES string of the molecule is CCNC(=NCc1ccc(Cl)cc1)NCCc1cccc(C(=O)N(C)C)c1.I. The number of benzene rings is 2. The lowest BCUT2D eigenvalue weighted by Gasteiger charge is -2.13. The van der Waals surface area contributed by atoms with Gasteiger partial charge in [0.2, 0.25) is 0 Å². The summed E-state index contributed by atoms with van der Waals surface area (Å²) in [5.74, 6) is 0.788. The molecule has 0 aromatic heterocycles. The molecule has 2 rings (SSSR count). The van der Waals surface area contributed by atoms with Gasteiger partial charge in [0.25, 0.3) is 5.91 Å². The van der Waals surface area contributed by atoms with Crippen molar-refractivity contribution in [2.24, 2.45) is 4.99 Å². The summed E-state index contributed by atoms with van der Waals surface area (Å²) in [6.45, 7) is 4.14. The number of amides is 1. The summed E-state index contributed by atoms with van der Waals surface area (Å²) in [6.07, 6.45) is 0.805. The van der Waals surface area contributed by atoms with Crippen LogP contribution in [0.1, 0.15) is 28.4 Å². The van der Waals surface area contributed by atoms with Gasteiger partial charge >= 0.3 is 0 Å². The number of nitrogens with one attached hydrogen (secondary N) is 2. The molecule has 0 saturated carbocycles. The molecule has 2 N–H and O–H groups in total. The van der Waals surface area contributed by atoms with E-state index >= 15 is 0 Å². The third kappa shape index (κ3) is 8.06. The minimum Gasteiger partial charge on any atom is -0.357 e. The third-order valence-electron chi connectivity index (χ3n) is 3.96. The second-order valence-electron chi connectivity index (χ2n) is 6.40. The van der Waals surface area contributed by atoms with Gasteiger partial charge in [-0.05, 0) is 48.7 Å². The quantitative estimate of drug-likeness (QED) is 0.334. The molecule has 0 fully saturated rings. The van der Waals surface area contributed by atoms with Crippen molar-refractivity contribution < 1.29 is 4.79 Å². The Morgan fingerprint density at radius 2 is 1.79 bits per heavy atom. The number of halogens is 2. The largest absolute Gasteiger partial charge is 0.357 e. The van der Waals surface area contributed by atoms with Crippen LogP contribution in [0.3, 0.4) is 0 Å². The van der Waals surface area contributed by atoms with Crippen LogP contribution in [0, 0.1) is 0 Å². The Morgan fingerprint density at radius 3 is 2.43 bits per heavy atom. The van der Waals surface area contributed by atoms with Crippen LogP contribution < -0.4 is 10.6 Å². The Hall–Kier alpha value is -1.80. The summed E-state index contributed by atoms with van der Waals surface area (Å²) in [5.41, 5.74) is 2.93. The summed E-state index contributed by atoms with van der Waals surface area (Å²) in [4.78, 5) is 18.3. The first kappa shape index (κ1) is 24.2. The zero-order chi connectivity index (χ0) is 19.6. The van der Waals surface area contributed by atoms with Crippen LogP contribution in [0.25, 0.3) is 0 Å². The van der Waals surface area contributed by atoms with E-state index in [4.69, 9.17) is 11.6 Å². The maximum Gasteiger partial charge on any atom is 0.253 e. The second-order valence-corrected chi connectivity index (χ2v) is 6.83. The number of rotatable bonds is 7. The van der Waals surface area contributed by atoms with Gasteiger partial charge in [0.1, 0.15) is 0 Å². The Morgan fingerprint density at radius 1 is 1.07 bits per heavy atom. The van der Waals surface area contributed by atoms with Gasteiger partial charge in [-0.3, -0.25) is 4.79 Å². The lowest BCUT2D eigenvalue weighted by atomic mass is 10.1. The van der Waals surface area contributed by atoms with E-state index in [1.54, 1.807) is 19.0 Å². The number of aliphatic imine (C=N–C) groups is 1. The summed E-state index contributed by atoms with van der Waals surface area (Å²) in [7, 11) is 3.52. The predicted molar refractivity (Wildman–Crippen MR) is 128 cm³/mol. The molecule has 28 heavy (non-hydrogen) atoms. The molecule has 0 aliphatic carbocycles. The fourth-order valence-electron chi connectivity index (χ4n) is 2.55. The maximum atomic E-state index is 12.1. The summed E-state index contributed by atoms with van der Waals surface area (Å²) < 4.78 is 0. The van der Waals surface area contributed by atoms with E-state index in [1.165, 1.54) is 0 Å². The van der Waals surface area contributed by atoms with Crippen molar-refractivity contribution in [3.05, 3.63) is 70.2 Å². The van der Waals surface area contributed by atoms with E-state index in [9.17, 15) is 4.79 Å². The van der Waals surface area contributed by atoms with Crippen molar-refractivity contribution in [2.75, 3.05) is 27.2 Å². The molecule has 0 aliphatic rings. The van der Waals surface area contributed by atoms with Gasteiger partial charge in [-0.1, -0.05) is 35.9 Å². The van der Waals surface area contributed by atoms with E-state index in [0.717, 1.165) is 41.6 Å². The molecule has 1 amide bonds. The van der Waals surface area contributed by atoms with E-state index < -0.39 is 0 Å². The molecular formula is C21H28ClIN4O. The monoisotopic (exact) mass is 514 g/mol. The van der Waals surface area contributed by atoms with Crippen molar-refractivity contribution in [2.45, 2.75) is 19.9 Å². The van der Waals surface area contributed by atoms with Crippen LogP contribution in [0.4, 0.5) is 0 Å². The van der Waals surface area contributed by atoms with E-state index in [1.807, 2.05) is 55.5 Å². The van der Waals surface area contributed by atoms with Crippen molar-refractivity contribution in [1.29, 1.82) is 0 Å². The number of nitrogens with zero attached hydrogens (tertiary/aromatic N) is 2. The van der Waals surface area contributed by atoms with Gasteiger partial charge in [0.15, 0.2) is 5.96 Å². The van der Waals surface area contributed by atoms with Crippen molar-refractivity contribution in [1.82, 2.24) is 15.5 Å². The number of carbonyl (C=O) groups excluding carboxylic acids is 1. The molecule has 0 radical (unpaired) electrons. The molecule has 2 aromatic rings. The smallest absolute Gasteiger partial charge is 0.253 e. The molecule has 0 aliphatic heterocycles. The van der Waals surface area contributed by atoms with E-state index in [-0.39, 0.29) is 29.9 Å². The van der Waals surface area contributed by atoms with Crippen LogP contribution in [-0.4, -0.2) is 44.0 Å². The molecular weight excluding hydrogens is 487 g/mol. The number of guanidine groups is 1. The highest BCUT2D eigenvalue weighted by Crippen LogP contribution is 2.10. The number of carbonyl (C=O) groups is 1. The van der Waals surface area contributed by atoms with Crippen LogP contribution in [-0.2, 0) is 13.0 Å². The highest BCUT2D eigenvalue weighted by Gasteiger charge is 2.08. The van der Waals surface area contributed by atoms with Gasteiger partial charge in [-0.15, -0.1) is 24.0 Å². The normalized spacial score (nSPS) is 10.8. The second kappa shape index (κ2) is 12.6. The summed E-state index contributed by atoms with van der Waals surface area (Å²) in [6, 6.07) is 15.4. The average Bonchev–Trinajstić information content (AvgIpc) is 2.67. The van der Waals surface area contributed by atoms with E-state index in [2.05, 4.69) is 15.6 Å². The standard InChI is InChI=1S/C21H27ClN4O.HI/c1-4-23-21(25-15-17-8-10-19(22)11-9-17)24-13-12-16-6-5-7-18(14-16)20(27)26(2)3;/h5-11,14H,4,12-13,15H2,1-3H3,(H2,23,24,25);1H. The molecule has 7 heteroatoms. The Bertz CT molecular complexity index is 778. The molecule has 0 heterocycles. The van der Waals surface area contributed by atoms with Crippen LogP contribution in [0.15, 0.2) is 53.5 Å². The lowest BCUT2D eigenvalue weighted by molar-refractivity contribution is 0.0827. The molecule has 0 spiro atoms. The zero-order valence-electron chi connectivity index (χ0n) is 16.5.